The first-order chi connectivity index (χ1) is 12.2. The van der Waals surface area contributed by atoms with E-state index >= 15 is 0 Å². The summed E-state index contributed by atoms with van der Waals surface area (Å²) in [4.78, 5) is 10.8. The highest BCUT2D eigenvalue weighted by Gasteiger charge is 2.48. The first-order valence-electron chi connectivity index (χ1n) is 10.2. The zero-order chi connectivity index (χ0) is 19.4. The highest BCUT2D eigenvalue weighted by molar-refractivity contribution is 5.80. The van der Waals surface area contributed by atoms with Gasteiger partial charge in [-0.05, 0) is 67.6 Å². The number of hydrogen-bond donors (Lipinski definition) is 2. The van der Waals surface area contributed by atoms with Gasteiger partial charge in [-0.3, -0.25) is 0 Å². The van der Waals surface area contributed by atoms with Gasteiger partial charge in [-0.25, -0.2) is 4.79 Å². The van der Waals surface area contributed by atoms with E-state index in [2.05, 4.69) is 46.8 Å². The zero-order valence-electron chi connectivity index (χ0n) is 16.9. The highest BCUT2D eigenvalue weighted by Crippen LogP contribution is 2.53. The van der Waals surface area contributed by atoms with E-state index in [9.17, 15) is 9.90 Å². The normalized spacial score (nSPS) is 38.9. The summed E-state index contributed by atoms with van der Waals surface area (Å²) in [6.45, 7) is 11.3. The van der Waals surface area contributed by atoms with E-state index in [1.807, 2.05) is 6.08 Å². The SMILES string of the molecule is CC(=CC(C)C)[C@H]1[C@@H](C=CC=CC(=O)O)[C@H]2[C@@H](C[C@@H]1C)[C@@H](O)CC[C@@H]2C. The van der Waals surface area contributed by atoms with Crippen molar-refractivity contribution in [3.8, 4) is 0 Å². The molecular formula is C23H36O3. The molecule has 146 valence electrons. The van der Waals surface area contributed by atoms with Crippen LogP contribution >= 0.6 is 0 Å². The maximum absolute atomic E-state index is 10.8. The van der Waals surface area contributed by atoms with Crippen LogP contribution in [-0.4, -0.2) is 22.3 Å². The minimum atomic E-state index is -0.918. The smallest absolute Gasteiger partial charge is 0.328 e. The Balaban J connectivity index is 2.39. The number of aliphatic hydroxyl groups is 1. The average molecular weight is 361 g/mol. The lowest BCUT2D eigenvalue weighted by molar-refractivity contribution is -0.131. The molecule has 7 atom stereocenters. The number of allylic oxidation sites excluding steroid dienone is 5. The summed E-state index contributed by atoms with van der Waals surface area (Å²) in [7, 11) is 0. The van der Waals surface area contributed by atoms with E-state index in [4.69, 9.17) is 5.11 Å². The number of aliphatic hydroxyl groups excluding tert-OH is 1. The molecule has 2 rings (SSSR count). The molecule has 0 aromatic rings. The Kier molecular flexibility index (Phi) is 7.28. The molecule has 3 heteroatoms. The fourth-order valence-electron chi connectivity index (χ4n) is 5.66. The van der Waals surface area contributed by atoms with Crippen LogP contribution in [-0.2, 0) is 4.79 Å². The number of carboxylic acids is 1. The second kappa shape index (κ2) is 9.03. The van der Waals surface area contributed by atoms with Crippen LogP contribution in [0, 0.1) is 41.4 Å². The second-order valence-corrected chi connectivity index (χ2v) is 8.92. The van der Waals surface area contributed by atoms with Crippen molar-refractivity contribution in [2.24, 2.45) is 41.4 Å². The highest BCUT2D eigenvalue weighted by atomic mass is 16.4. The molecule has 0 aliphatic heterocycles. The molecule has 2 fully saturated rings. The van der Waals surface area contributed by atoms with Crippen molar-refractivity contribution in [2.75, 3.05) is 0 Å². The molecule has 0 saturated heterocycles. The number of fused-ring (bicyclic) bond motifs is 1. The molecule has 0 spiro atoms. The van der Waals surface area contributed by atoms with Gasteiger partial charge in [-0.15, -0.1) is 0 Å². The van der Waals surface area contributed by atoms with Gasteiger partial charge in [0.25, 0.3) is 0 Å². The van der Waals surface area contributed by atoms with Crippen molar-refractivity contribution in [3.63, 3.8) is 0 Å². The Morgan fingerprint density at radius 3 is 2.42 bits per heavy atom. The summed E-state index contributed by atoms with van der Waals surface area (Å²) in [5.41, 5.74) is 1.44. The van der Waals surface area contributed by atoms with Crippen LogP contribution in [0.15, 0.2) is 36.0 Å². The lowest BCUT2D eigenvalue weighted by Crippen LogP contribution is -2.48. The molecule has 2 N–H and O–H groups in total. The quantitative estimate of drug-likeness (QED) is 0.408. The average Bonchev–Trinajstić information content (AvgIpc) is 2.53. The first-order valence-corrected chi connectivity index (χ1v) is 10.2. The molecule has 0 amide bonds. The Morgan fingerprint density at radius 2 is 1.81 bits per heavy atom. The Hall–Kier alpha value is -1.35. The molecule has 0 aromatic carbocycles. The van der Waals surface area contributed by atoms with Gasteiger partial charge in [0.1, 0.15) is 0 Å². The third kappa shape index (κ3) is 4.88. The Labute approximate surface area is 158 Å². The third-order valence-electron chi connectivity index (χ3n) is 6.48. The molecule has 2 aliphatic carbocycles. The van der Waals surface area contributed by atoms with Crippen LogP contribution in [0.2, 0.25) is 0 Å². The fraction of sp³-hybridized carbons (Fsp3) is 0.696. The Morgan fingerprint density at radius 1 is 1.12 bits per heavy atom. The van der Waals surface area contributed by atoms with E-state index in [-0.39, 0.29) is 6.10 Å². The molecular weight excluding hydrogens is 324 g/mol. The molecule has 2 aliphatic rings. The summed E-state index contributed by atoms with van der Waals surface area (Å²) in [5, 5.41) is 19.5. The number of carboxylic acid groups (broad SMARTS) is 1. The summed E-state index contributed by atoms with van der Waals surface area (Å²) in [6, 6.07) is 0. The minimum absolute atomic E-state index is 0.195. The first kappa shape index (κ1) is 21.0. The van der Waals surface area contributed by atoms with Gasteiger partial charge < -0.3 is 10.2 Å². The van der Waals surface area contributed by atoms with Gasteiger partial charge in [0.2, 0.25) is 0 Å². The summed E-state index contributed by atoms with van der Waals surface area (Å²) in [6.07, 6.45) is 12.2. The van der Waals surface area contributed by atoms with Crippen LogP contribution in [0.3, 0.4) is 0 Å². The van der Waals surface area contributed by atoms with Crippen molar-refractivity contribution >= 4 is 5.97 Å². The fourth-order valence-corrected chi connectivity index (χ4v) is 5.66. The summed E-state index contributed by atoms with van der Waals surface area (Å²) < 4.78 is 0. The molecule has 0 bridgehead atoms. The minimum Gasteiger partial charge on any atom is -0.478 e. The van der Waals surface area contributed by atoms with E-state index in [0.717, 1.165) is 19.3 Å². The number of aliphatic carboxylic acids is 1. The molecule has 3 nitrogen and oxygen atoms in total. The van der Waals surface area contributed by atoms with E-state index in [1.54, 1.807) is 6.08 Å². The third-order valence-corrected chi connectivity index (χ3v) is 6.48. The topological polar surface area (TPSA) is 57.5 Å². The summed E-state index contributed by atoms with van der Waals surface area (Å²) >= 11 is 0. The monoisotopic (exact) mass is 360 g/mol. The molecule has 0 unspecified atom stereocenters. The number of rotatable bonds is 5. The van der Waals surface area contributed by atoms with Gasteiger partial charge >= 0.3 is 5.97 Å². The molecule has 0 heterocycles. The lowest BCUT2D eigenvalue weighted by Gasteiger charge is -2.52. The van der Waals surface area contributed by atoms with Gasteiger partial charge in [0.15, 0.2) is 0 Å². The van der Waals surface area contributed by atoms with Crippen LogP contribution < -0.4 is 0 Å². The van der Waals surface area contributed by atoms with Gasteiger partial charge in [0, 0.05) is 6.08 Å². The largest absolute Gasteiger partial charge is 0.478 e. The molecule has 0 radical (unpaired) electrons. The number of carbonyl (C=O) groups is 1. The van der Waals surface area contributed by atoms with Crippen LogP contribution in [0.4, 0.5) is 0 Å². The van der Waals surface area contributed by atoms with Crippen molar-refractivity contribution < 1.29 is 15.0 Å². The van der Waals surface area contributed by atoms with Crippen LogP contribution in [0.5, 0.6) is 0 Å². The molecule has 2 saturated carbocycles. The van der Waals surface area contributed by atoms with Crippen molar-refractivity contribution in [2.45, 2.75) is 60.0 Å². The van der Waals surface area contributed by atoms with Gasteiger partial charge in [0.05, 0.1) is 6.10 Å². The predicted molar refractivity (Wildman–Crippen MR) is 107 cm³/mol. The maximum atomic E-state index is 10.8. The van der Waals surface area contributed by atoms with Crippen molar-refractivity contribution in [1.29, 1.82) is 0 Å². The zero-order valence-corrected chi connectivity index (χ0v) is 16.9. The molecule has 0 aromatic heterocycles. The van der Waals surface area contributed by atoms with E-state index in [0.29, 0.717) is 41.4 Å². The van der Waals surface area contributed by atoms with E-state index in [1.165, 1.54) is 11.6 Å². The predicted octanol–water partition coefficient (Wildman–Crippen LogP) is 5.08. The molecule has 26 heavy (non-hydrogen) atoms. The van der Waals surface area contributed by atoms with E-state index < -0.39 is 5.97 Å². The van der Waals surface area contributed by atoms with Crippen LogP contribution in [0.1, 0.15) is 53.9 Å². The second-order valence-electron chi connectivity index (χ2n) is 8.92. The van der Waals surface area contributed by atoms with Crippen LogP contribution in [0.25, 0.3) is 0 Å². The number of hydrogen-bond acceptors (Lipinski definition) is 2. The lowest BCUT2D eigenvalue weighted by atomic mass is 9.53. The maximum Gasteiger partial charge on any atom is 0.328 e. The van der Waals surface area contributed by atoms with Crippen molar-refractivity contribution in [1.82, 2.24) is 0 Å². The van der Waals surface area contributed by atoms with Gasteiger partial charge in [-0.2, -0.15) is 0 Å². The van der Waals surface area contributed by atoms with Gasteiger partial charge in [-0.1, -0.05) is 57.6 Å². The Bertz CT molecular complexity index is 572. The standard InChI is InChI=1S/C23H36O3/c1-14(2)12-16(4)22-17(5)13-19-20(24)11-10-15(3)23(19)18(22)8-6-7-9-21(25)26/h6-9,12,14-15,17-20,22-24H,10-11,13H2,1-5H3,(H,25,26)/t15-,17-,18+,19-,20-,22+,23-/m0/s1. The van der Waals surface area contributed by atoms with Crippen molar-refractivity contribution in [3.05, 3.63) is 36.0 Å². The summed E-state index contributed by atoms with van der Waals surface area (Å²) in [5.74, 6) is 2.33.